The van der Waals surface area contributed by atoms with Gasteiger partial charge in [0.05, 0.1) is 12.8 Å². The van der Waals surface area contributed by atoms with Gasteiger partial charge >= 0.3 is 0 Å². The fourth-order valence-corrected chi connectivity index (χ4v) is 2.03. The van der Waals surface area contributed by atoms with Crippen molar-refractivity contribution >= 4 is 30.5 Å². The normalized spacial score (nSPS) is 13.5. The Bertz CT molecular complexity index is 512. The van der Waals surface area contributed by atoms with Crippen LogP contribution in [0.1, 0.15) is 17.7 Å². The molecule has 0 atom stereocenters. The molecule has 0 aliphatic carbocycles. The van der Waals surface area contributed by atoms with Crippen molar-refractivity contribution in [1.29, 1.82) is 0 Å². The molecule has 102 valence electrons. The SMILES string of the molecule is Cl.Cl.c1ccc(CN2CCC(c3ccco3)=N2)cc1. The molecule has 0 bridgehead atoms. The predicted molar refractivity (Wildman–Crippen MR) is 81.2 cm³/mol. The molecule has 3 rings (SSSR count). The van der Waals surface area contributed by atoms with Crippen LogP contribution in [0.3, 0.4) is 0 Å². The fourth-order valence-electron chi connectivity index (χ4n) is 2.03. The number of rotatable bonds is 3. The summed E-state index contributed by atoms with van der Waals surface area (Å²) in [6.45, 7) is 1.83. The molecule has 1 aliphatic rings. The summed E-state index contributed by atoms with van der Waals surface area (Å²) in [6.07, 6.45) is 2.65. The standard InChI is InChI=1S/C14H14N2O.2ClH/c1-2-5-12(6-3-1)11-16-9-8-13(15-16)14-7-4-10-17-14;;/h1-7,10H,8-9,11H2;2*1H. The number of halogens is 2. The number of nitrogens with zero attached hydrogens (tertiary/aromatic N) is 2. The lowest BCUT2D eigenvalue weighted by Gasteiger charge is -2.12. The molecule has 2 aromatic rings. The van der Waals surface area contributed by atoms with E-state index in [0.29, 0.717) is 0 Å². The Morgan fingerprint density at radius 2 is 1.84 bits per heavy atom. The second-order valence-corrected chi connectivity index (χ2v) is 4.15. The lowest BCUT2D eigenvalue weighted by molar-refractivity contribution is 0.310. The second kappa shape index (κ2) is 7.22. The van der Waals surface area contributed by atoms with Gasteiger partial charge in [-0.15, -0.1) is 24.8 Å². The highest BCUT2D eigenvalue weighted by Crippen LogP contribution is 2.16. The summed E-state index contributed by atoms with van der Waals surface area (Å²) in [4.78, 5) is 0. The molecule has 0 unspecified atom stereocenters. The van der Waals surface area contributed by atoms with Crippen LogP contribution >= 0.6 is 24.8 Å². The zero-order valence-corrected chi connectivity index (χ0v) is 12.0. The molecule has 0 fully saturated rings. The van der Waals surface area contributed by atoms with Crippen molar-refractivity contribution in [2.45, 2.75) is 13.0 Å². The van der Waals surface area contributed by atoms with E-state index in [4.69, 9.17) is 4.42 Å². The van der Waals surface area contributed by atoms with Crippen molar-refractivity contribution in [1.82, 2.24) is 5.01 Å². The van der Waals surface area contributed by atoms with Gasteiger partial charge in [-0.05, 0) is 17.7 Å². The van der Waals surface area contributed by atoms with Crippen molar-refractivity contribution in [3.8, 4) is 0 Å². The van der Waals surface area contributed by atoms with E-state index in [-0.39, 0.29) is 24.8 Å². The monoisotopic (exact) mass is 298 g/mol. The van der Waals surface area contributed by atoms with Crippen LogP contribution in [0.4, 0.5) is 0 Å². The highest BCUT2D eigenvalue weighted by molar-refractivity contribution is 5.98. The third kappa shape index (κ3) is 3.75. The van der Waals surface area contributed by atoms with E-state index < -0.39 is 0 Å². The summed E-state index contributed by atoms with van der Waals surface area (Å²) in [5.74, 6) is 0.889. The van der Waals surface area contributed by atoms with E-state index in [9.17, 15) is 0 Å². The molecular formula is C14H16Cl2N2O. The number of furan rings is 1. The van der Waals surface area contributed by atoms with Crippen molar-refractivity contribution in [2.75, 3.05) is 6.54 Å². The Balaban J connectivity index is 0.000000902. The summed E-state index contributed by atoms with van der Waals surface area (Å²) < 4.78 is 5.36. The molecule has 0 saturated carbocycles. The van der Waals surface area contributed by atoms with Crippen molar-refractivity contribution in [2.24, 2.45) is 5.10 Å². The Kier molecular flexibility index (Phi) is 5.93. The van der Waals surface area contributed by atoms with Gasteiger partial charge in [-0.3, -0.25) is 5.01 Å². The third-order valence-electron chi connectivity index (χ3n) is 2.88. The van der Waals surface area contributed by atoms with Gasteiger partial charge < -0.3 is 4.42 Å². The molecule has 0 amide bonds. The number of hydrazone groups is 1. The minimum atomic E-state index is 0. The maximum Gasteiger partial charge on any atom is 0.149 e. The van der Waals surface area contributed by atoms with Gasteiger partial charge in [0.2, 0.25) is 0 Å². The van der Waals surface area contributed by atoms with Crippen LogP contribution in [0.5, 0.6) is 0 Å². The predicted octanol–water partition coefficient (Wildman–Crippen LogP) is 3.73. The molecule has 0 N–H and O–H groups in total. The van der Waals surface area contributed by atoms with Crippen molar-refractivity contribution in [3.05, 3.63) is 60.1 Å². The smallest absolute Gasteiger partial charge is 0.149 e. The van der Waals surface area contributed by atoms with Gasteiger partial charge in [0.1, 0.15) is 11.5 Å². The van der Waals surface area contributed by atoms with E-state index in [1.807, 2.05) is 18.2 Å². The summed E-state index contributed by atoms with van der Waals surface area (Å²) >= 11 is 0. The van der Waals surface area contributed by atoms with Gasteiger partial charge in [-0.25, -0.2) is 0 Å². The van der Waals surface area contributed by atoms with Crippen LogP contribution < -0.4 is 0 Å². The Morgan fingerprint density at radius 1 is 1.05 bits per heavy atom. The number of hydrogen-bond donors (Lipinski definition) is 0. The van der Waals surface area contributed by atoms with Crippen molar-refractivity contribution < 1.29 is 4.42 Å². The van der Waals surface area contributed by atoms with E-state index in [1.54, 1.807) is 6.26 Å². The first-order valence-electron chi connectivity index (χ1n) is 5.82. The molecular weight excluding hydrogens is 283 g/mol. The summed E-state index contributed by atoms with van der Waals surface area (Å²) in [6, 6.07) is 14.3. The molecule has 1 aliphatic heterocycles. The first kappa shape index (κ1) is 15.6. The first-order valence-corrected chi connectivity index (χ1v) is 5.82. The van der Waals surface area contributed by atoms with E-state index in [0.717, 1.165) is 31.0 Å². The Hall–Kier alpha value is -1.45. The van der Waals surface area contributed by atoms with Crippen molar-refractivity contribution in [3.63, 3.8) is 0 Å². The average Bonchev–Trinajstić information content (AvgIpc) is 3.00. The Labute approximate surface area is 125 Å². The molecule has 0 spiro atoms. The number of hydrogen-bond acceptors (Lipinski definition) is 3. The minimum Gasteiger partial charge on any atom is -0.463 e. The lowest BCUT2D eigenvalue weighted by atomic mass is 10.2. The van der Waals surface area contributed by atoms with Crippen LogP contribution in [0.25, 0.3) is 0 Å². The van der Waals surface area contributed by atoms with Crippen LogP contribution in [-0.2, 0) is 6.54 Å². The summed E-state index contributed by atoms with van der Waals surface area (Å²) in [5.41, 5.74) is 2.34. The van der Waals surface area contributed by atoms with Gasteiger partial charge in [-0.2, -0.15) is 5.10 Å². The molecule has 5 heteroatoms. The first-order chi connectivity index (χ1) is 8.42. The van der Waals surface area contributed by atoms with Crippen LogP contribution in [0.15, 0.2) is 58.2 Å². The fraction of sp³-hybridized carbons (Fsp3) is 0.214. The zero-order valence-electron chi connectivity index (χ0n) is 10.4. The third-order valence-corrected chi connectivity index (χ3v) is 2.88. The highest BCUT2D eigenvalue weighted by Gasteiger charge is 2.17. The van der Waals surface area contributed by atoms with E-state index >= 15 is 0 Å². The second-order valence-electron chi connectivity index (χ2n) is 4.15. The van der Waals surface area contributed by atoms with Gasteiger partial charge in [0.25, 0.3) is 0 Å². The molecule has 0 radical (unpaired) electrons. The molecule has 1 aromatic carbocycles. The summed E-state index contributed by atoms with van der Waals surface area (Å²) in [5, 5.41) is 6.67. The van der Waals surface area contributed by atoms with Crippen LogP contribution in [0, 0.1) is 0 Å². The molecule has 1 aromatic heterocycles. The number of benzene rings is 1. The van der Waals surface area contributed by atoms with Crippen LogP contribution in [-0.4, -0.2) is 17.3 Å². The zero-order chi connectivity index (χ0) is 11.5. The molecule has 2 heterocycles. The van der Waals surface area contributed by atoms with Crippen LogP contribution in [0.2, 0.25) is 0 Å². The molecule has 19 heavy (non-hydrogen) atoms. The highest BCUT2D eigenvalue weighted by atomic mass is 35.5. The van der Waals surface area contributed by atoms with Gasteiger partial charge in [0.15, 0.2) is 0 Å². The molecule has 0 saturated heterocycles. The van der Waals surface area contributed by atoms with Gasteiger partial charge in [-0.1, -0.05) is 30.3 Å². The van der Waals surface area contributed by atoms with Gasteiger partial charge in [0, 0.05) is 13.0 Å². The van der Waals surface area contributed by atoms with E-state index in [2.05, 4.69) is 34.4 Å². The lowest BCUT2D eigenvalue weighted by Crippen LogP contribution is -2.12. The summed E-state index contributed by atoms with van der Waals surface area (Å²) in [7, 11) is 0. The molecule has 3 nitrogen and oxygen atoms in total. The average molecular weight is 299 g/mol. The largest absolute Gasteiger partial charge is 0.463 e. The minimum absolute atomic E-state index is 0. The maximum absolute atomic E-state index is 5.36. The van der Waals surface area contributed by atoms with E-state index in [1.165, 1.54) is 5.56 Å². The Morgan fingerprint density at radius 3 is 2.53 bits per heavy atom. The maximum atomic E-state index is 5.36. The topological polar surface area (TPSA) is 28.7 Å². The quantitative estimate of drug-likeness (QED) is 0.864.